The molecule has 3 heteroatoms. The highest BCUT2D eigenvalue weighted by atomic mass is 16.5. The Morgan fingerprint density at radius 1 is 1.37 bits per heavy atom. The number of furan rings is 1. The molecule has 0 saturated heterocycles. The van der Waals surface area contributed by atoms with Crippen LogP contribution in [0.4, 0.5) is 0 Å². The van der Waals surface area contributed by atoms with Crippen molar-refractivity contribution >= 4 is 5.97 Å². The highest BCUT2D eigenvalue weighted by molar-refractivity contribution is 5.84. The lowest BCUT2D eigenvalue weighted by molar-refractivity contribution is -0.151. The number of carbonyl (C=O) groups excluding carboxylic acids is 1. The van der Waals surface area contributed by atoms with Crippen molar-refractivity contribution in [2.24, 2.45) is 16.2 Å². The Hall–Kier alpha value is -1.69. The van der Waals surface area contributed by atoms with E-state index in [1.54, 1.807) is 6.26 Å². The minimum absolute atomic E-state index is 0.0187. The summed E-state index contributed by atoms with van der Waals surface area (Å²) < 4.78 is 10.6. The van der Waals surface area contributed by atoms with E-state index in [0.29, 0.717) is 6.42 Å². The van der Waals surface area contributed by atoms with Crippen molar-refractivity contribution in [1.82, 2.24) is 0 Å². The fourth-order valence-electron chi connectivity index (χ4n) is 3.36. The number of esters is 1. The van der Waals surface area contributed by atoms with E-state index >= 15 is 0 Å². The molecule has 0 spiro atoms. The van der Waals surface area contributed by atoms with E-state index in [1.807, 2.05) is 12.1 Å². The summed E-state index contributed by atoms with van der Waals surface area (Å²) in [6, 6.07) is 3.72. The lowest BCUT2D eigenvalue weighted by Crippen LogP contribution is -2.28. The largest absolute Gasteiger partial charge is 0.469 e. The Labute approximate surface area is 114 Å². The molecular weight excluding hydrogens is 240 g/mol. The highest BCUT2D eigenvalue weighted by Gasteiger charge is 2.81. The average Bonchev–Trinajstić information content (AvgIpc) is 2.76. The van der Waals surface area contributed by atoms with E-state index in [1.165, 1.54) is 0 Å². The van der Waals surface area contributed by atoms with Crippen molar-refractivity contribution in [3.8, 4) is 12.3 Å². The lowest BCUT2D eigenvalue weighted by Gasteiger charge is -2.18. The summed E-state index contributed by atoms with van der Waals surface area (Å²) in [5, 5.41) is 0. The zero-order valence-corrected chi connectivity index (χ0v) is 11.9. The molecule has 102 valence electrons. The fraction of sp³-hybridized carbons (Fsp3) is 0.562. The second kappa shape index (κ2) is 4.16. The monoisotopic (exact) mass is 260 g/mol. The van der Waals surface area contributed by atoms with Crippen molar-refractivity contribution in [3.63, 3.8) is 0 Å². The van der Waals surface area contributed by atoms with Gasteiger partial charge in [-0.25, -0.2) is 0 Å². The molecule has 3 nitrogen and oxygen atoms in total. The maximum absolute atomic E-state index is 12.5. The van der Waals surface area contributed by atoms with Gasteiger partial charge in [0, 0.05) is 6.42 Å². The van der Waals surface area contributed by atoms with Crippen LogP contribution in [0.15, 0.2) is 22.8 Å². The first kappa shape index (κ1) is 13.7. The number of ether oxygens (including phenoxy) is 1. The quantitative estimate of drug-likeness (QED) is 0.617. The average molecular weight is 260 g/mol. The molecule has 0 aromatic carbocycles. The van der Waals surface area contributed by atoms with Crippen LogP contribution < -0.4 is 0 Å². The maximum Gasteiger partial charge on any atom is 0.314 e. The molecule has 1 aliphatic carbocycles. The van der Waals surface area contributed by atoms with Gasteiger partial charge in [0.1, 0.15) is 5.76 Å². The second-order valence-electron chi connectivity index (χ2n) is 6.19. The minimum Gasteiger partial charge on any atom is -0.469 e. The predicted octanol–water partition coefficient (Wildman–Crippen LogP) is 3.05. The van der Waals surface area contributed by atoms with Gasteiger partial charge in [-0.15, -0.1) is 6.42 Å². The summed E-state index contributed by atoms with van der Waals surface area (Å²) in [7, 11) is 0. The van der Waals surface area contributed by atoms with Crippen LogP contribution in [0.5, 0.6) is 0 Å². The van der Waals surface area contributed by atoms with Gasteiger partial charge in [0.2, 0.25) is 0 Å². The normalized spacial score (nSPS) is 21.4. The van der Waals surface area contributed by atoms with E-state index in [0.717, 1.165) is 5.76 Å². The number of carbonyl (C=O) groups is 1. The van der Waals surface area contributed by atoms with Crippen LogP contribution in [0, 0.1) is 28.6 Å². The predicted molar refractivity (Wildman–Crippen MR) is 72.2 cm³/mol. The number of rotatable bonds is 4. The van der Waals surface area contributed by atoms with Crippen LogP contribution in [0.2, 0.25) is 0 Å². The van der Waals surface area contributed by atoms with Crippen LogP contribution in [0.1, 0.15) is 33.5 Å². The van der Waals surface area contributed by atoms with E-state index in [9.17, 15) is 4.79 Å². The molecule has 2 rings (SSSR count). The molecule has 1 aromatic heterocycles. The molecule has 1 heterocycles. The van der Waals surface area contributed by atoms with E-state index in [-0.39, 0.29) is 23.4 Å². The zero-order chi connectivity index (χ0) is 14.3. The Bertz CT molecular complexity index is 501. The molecule has 1 fully saturated rings. The molecule has 0 radical (unpaired) electrons. The Balaban J connectivity index is 2.32. The van der Waals surface area contributed by atoms with E-state index < -0.39 is 5.41 Å². The van der Waals surface area contributed by atoms with Crippen LogP contribution in [-0.4, -0.2) is 12.6 Å². The molecular formula is C16H20O3. The van der Waals surface area contributed by atoms with Gasteiger partial charge in [0.25, 0.3) is 0 Å². The minimum atomic E-state index is -0.575. The Kier molecular flexibility index (Phi) is 3.01. The topological polar surface area (TPSA) is 39.4 Å². The third kappa shape index (κ3) is 1.63. The molecule has 0 atom stereocenters. The van der Waals surface area contributed by atoms with Gasteiger partial charge in [-0.2, -0.15) is 0 Å². The molecule has 19 heavy (non-hydrogen) atoms. The van der Waals surface area contributed by atoms with Crippen LogP contribution in [0.25, 0.3) is 0 Å². The fourth-order valence-corrected chi connectivity index (χ4v) is 3.36. The molecule has 0 aliphatic heterocycles. The summed E-state index contributed by atoms with van der Waals surface area (Å²) >= 11 is 0. The number of hydrogen-bond acceptors (Lipinski definition) is 3. The van der Waals surface area contributed by atoms with Crippen molar-refractivity contribution in [2.45, 2.75) is 34.1 Å². The van der Waals surface area contributed by atoms with Gasteiger partial charge in [-0.05, 0) is 23.0 Å². The smallest absolute Gasteiger partial charge is 0.314 e. The van der Waals surface area contributed by atoms with E-state index in [2.05, 4.69) is 33.6 Å². The number of terminal acetylenes is 1. The summed E-state index contributed by atoms with van der Waals surface area (Å²) in [5.41, 5.74) is -0.883. The Morgan fingerprint density at radius 3 is 2.42 bits per heavy atom. The second-order valence-corrected chi connectivity index (χ2v) is 6.19. The summed E-state index contributed by atoms with van der Waals surface area (Å²) in [6.07, 6.45) is 7.33. The molecule has 0 N–H and O–H groups in total. The molecule has 0 bridgehead atoms. The van der Waals surface area contributed by atoms with Crippen molar-refractivity contribution < 1.29 is 13.9 Å². The highest BCUT2D eigenvalue weighted by Crippen LogP contribution is 2.79. The van der Waals surface area contributed by atoms with Crippen molar-refractivity contribution in [2.75, 3.05) is 6.61 Å². The van der Waals surface area contributed by atoms with E-state index in [4.69, 9.17) is 15.6 Å². The van der Waals surface area contributed by atoms with Gasteiger partial charge < -0.3 is 9.15 Å². The SMILES string of the molecule is C#CCOC(=O)C1(Cc2ccco2)C(C)(C)C1(C)C. The van der Waals surface area contributed by atoms with Gasteiger partial charge >= 0.3 is 5.97 Å². The lowest BCUT2D eigenvalue weighted by atomic mass is 9.89. The third-order valence-electron chi connectivity index (χ3n) is 5.29. The first-order valence-electron chi connectivity index (χ1n) is 6.44. The molecule has 0 amide bonds. The van der Waals surface area contributed by atoms with Crippen molar-refractivity contribution in [3.05, 3.63) is 24.2 Å². The summed E-state index contributed by atoms with van der Waals surface area (Å²) in [6.45, 7) is 8.38. The maximum atomic E-state index is 12.5. The molecule has 1 aliphatic rings. The summed E-state index contributed by atoms with van der Waals surface area (Å²) in [5.74, 6) is 2.92. The first-order chi connectivity index (χ1) is 8.81. The van der Waals surface area contributed by atoms with Crippen LogP contribution >= 0.6 is 0 Å². The van der Waals surface area contributed by atoms with Crippen LogP contribution in [-0.2, 0) is 16.0 Å². The number of hydrogen-bond donors (Lipinski definition) is 0. The van der Waals surface area contributed by atoms with Gasteiger partial charge in [-0.3, -0.25) is 4.79 Å². The van der Waals surface area contributed by atoms with Crippen LogP contribution in [0.3, 0.4) is 0 Å². The Morgan fingerprint density at radius 2 is 2.00 bits per heavy atom. The molecule has 0 unspecified atom stereocenters. The molecule has 1 aromatic rings. The standard InChI is InChI=1S/C16H20O3/c1-6-9-19-13(17)16(11-12-8-7-10-18-12)14(2,3)15(16,4)5/h1,7-8,10H,9,11H2,2-5H3. The zero-order valence-electron chi connectivity index (χ0n) is 11.9. The molecule has 1 saturated carbocycles. The van der Waals surface area contributed by atoms with Gasteiger partial charge in [0.05, 0.1) is 11.7 Å². The van der Waals surface area contributed by atoms with Gasteiger partial charge in [0.15, 0.2) is 6.61 Å². The summed E-state index contributed by atoms with van der Waals surface area (Å²) in [4.78, 5) is 12.5. The first-order valence-corrected chi connectivity index (χ1v) is 6.44. The third-order valence-corrected chi connectivity index (χ3v) is 5.29. The van der Waals surface area contributed by atoms with Gasteiger partial charge in [-0.1, -0.05) is 33.6 Å². The van der Waals surface area contributed by atoms with Crippen molar-refractivity contribution in [1.29, 1.82) is 0 Å².